The molecule has 0 fully saturated rings. The largest absolute Gasteiger partial charge is 0.457 e. The van der Waals surface area contributed by atoms with Crippen LogP contribution in [0.4, 0.5) is 0 Å². The molecule has 0 spiro atoms. The van der Waals surface area contributed by atoms with Crippen molar-refractivity contribution in [3.8, 4) is 11.5 Å². The molecule has 2 aromatic carbocycles. The number of para-hydroxylation sites is 1. The highest BCUT2D eigenvalue weighted by Crippen LogP contribution is 2.26. The maximum Gasteiger partial charge on any atom is 0.237 e. The van der Waals surface area contributed by atoms with Crippen LogP contribution in [0.1, 0.15) is 17.5 Å². The van der Waals surface area contributed by atoms with Gasteiger partial charge in [-0.05, 0) is 37.1 Å². The van der Waals surface area contributed by atoms with E-state index in [1.165, 1.54) is 0 Å². The molecule has 0 saturated heterocycles. The first-order chi connectivity index (χ1) is 12.2. The number of ether oxygens (including phenoxy) is 1. The molecule has 0 aliphatic heterocycles. The Labute approximate surface area is 154 Å². The summed E-state index contributed by atoms with van der Waals surface area (Å²) in [5.74, 6) is 0.853. The molecule has 7 heteroatoms. The molecular formula is C19H24N2O4S. The summed E-state index contributed by atoms with van der Waals surface area (Å²) in [6, 6.07) is 14.2. The fourth-order valence-corrected chi connectivity index (χ4v) is 2.99. The van der Waals surface area contributed by atoms with E-state index < -0.39 is 15.9 Å². The van der Waals surface area contributed by atoms with E-state index in [2.05, 4.69) is 5.32 Å². The average Bonchev–Trinajstić information content (AvgIpc) is 2.59. The van der Waals surface area contributed by atoms with Crippen molar-refractivity contribution in [1.29, 1.82) is 0 Å². The minimum absolute atomic E-state index is 0.0892. The van der Waals surface area contributed by atoms with Gasteiger partial charge in [-0.2, -0.15) is 0 Å². The van der Waals surface area contributed by atoms with E-state index in [0.29, 0.717) is 11.5 Å². The molecule has 0 bridgehead atoms. The van der Waals surface area contributed by atoms with Gasteiger partial charge in [-0.3, -0.25) is 4.79 Å². The highest BCUT2D eigenvalue weighted by molar-refractivity contribution is 7.90. The predicted molar refractivity (Wildman–Crippen MR) is 102 cm³/mol. The lowest BCUT2D eigenvalue weighted by molar-refractivity contribution is -0.122. The number of aryl methyl sites for hydroxylation is 1. The average molecular weight is 376 g/mol. The summed E-state index contributed by atoms with van der Waals surface area (Å²) < 4.78 is 28.3. The Bertz CT molecular complexity index is 851. The molecule has 140 valence electrons. The van der Waals surface area contributed by atoms with Gasteiger partial charge in [0.05, 0.1) is 11.8 Å². The molecule has 1 amide bonds. The zero-order valence-corrected chi connectivity index (χ0v) is 15.8. The Balaban J connectivity index is 2.01. The molecule has 1 unspecified atom stereocenters. The van der Waals surface area contributed by atoms with E-state index in [9.17, 15) is 13.2 Å². The van der Waals surface area contributed by atoms with Crippen LogP contribution in [0.3, 0.4) is 0 Å². The number of hydrogen-bond donors (Lipinski definition) is 2. The summed E-state index contributed by atoms with van der Waals surface area (Å²) in [5.41, 5.74) is 7.61. The molecule has 0 saturated carbocycles. The summed E-state index contributed by atoms with van der Waals surface area (Å²) in [6.07, 6.45) is 1.21. The Kier molecular flexibility index (Phi) is 6.76. The van der Waals surface area contributed by atoms with E-state index in [-0.39, 0.29) is 24.6 Å². The van der Waals surface area contributed by atoms with Gasteiger partial charge in [-0.25, -0.2) is 8.42 Å². The first kappa shape index (κ1) is 19.9. The van der Waals surface area contributed by atoms with E-state index in [1.54, 1.807) is 0 Å². The van der Waals surface area contributed by atoms with Crippen LogP contribution in [0.15, 0.2) is 48.5 Å². The van der Waals surface area contributed by atoms with Crippen molar-refractivity contribution in [2.75, 3.05) is 12.0 Å². The molecule has 6 nitrogen and oxygen atoms in total. The Morgan fingerprint density at radius 1 is 1.19 bits per heavy atom. The zero-order valence-electron chi connectivity index (χ0n) is 14.9. The summed E-state index contributed by atoms with van der Waals surface area (Å²) >= 11 is 0. The summed E-state index contributed by atoms with van der Waals surface area (Å²) in [7, 11) is -3.15. The SMILES string of the molecule is Cc1ccc(CNC(=O)C(N)CCS(C)(=O)=O)c(Oc2ccccc2)c1. The van der Waals surface area contributed by atoms with E-state index in [4.69, 9.17) is 10.5 Å². The normalized spacial score (nSPS) is 12.4. The standard InChI is InChI=1S/C19H24N2O4S/c1-14-8-9-15(18(12-14)25-16-6-4-3-5-7-16)13-21-19(22)17(20)10-11-26(2,23)24/h3-9,12,17H,10-11,13,20H2,1-2H3,(H,21,22). The van der Waals surface area contributed by atoms with Gasteiger partial charge in [0.15, 0.2) is 0 Å². The molecule has 2 rings (SSSR count). The van der Waals surface area contributed by atoms with Gasteiger partial charge in [-0.1, -0.05) is 30.3 Å². The third-order valence-electron chi connectivity index (χ3n) is 3.78. The summed E-state index contributed by atoms with van der Waals surface area (Å²) in [5, 5.41) is 2.74. The highest BCUT2D eigenvalue weighted by atomic mass is 32.2. The van der Waals surface area contributed by atoms with Crippen molar-refractivity contribution in [3.63, 3.8) is 0 Å². The van der Waals surface area contributed by atoms with Gasteiger partial charge in [-0.15, -0.1) is 0 Å². The van der Waals surface area contributed by atoms with Crippen molar-refractivity contribution < 1.29 is 17.9 Å². The number of carbonyl (C=O) groups is 1. The van der Waals surface area contributed by atoms with E-state index in [0.717, 1.165) is 17.4 Å². The van der Waals surface area contributed by atoms with Gasteiger partial charge in [0.2, 0.25) is 5.91 Å². The number of amides is 1. The molecule has 1 atom stereocenters. The molecule has 2 aromatic rings. The maximum atomic E-state index is 12.1. The molecule has 0 aliphatic carbocycles. The molecule has 0 aliphatic rings. The smallest absolute Gasteiger partial charge is 0.237 e. The molecular weight excluding hydrogens is 352 g/mol. The second-order valence-electron chi connectivity index (χ2n) is 6.27. The van der Waals surface area contributed by atoms with Crippen molar-refractivity contribution in [2.45, 2.75) is 25.9 Å². The second kappa shape index (κ2) is 8.82. The monoisotopic (exact) mass is 376 g/mol. The van der Waals surface area contributed by atoms with Crippen molar-refractivity contribution in [3.05, 3.63) is 59.7 Å². The lowest BCUT2D eigenvalue weighted by Gasteiger charge is -2.15. The van der Waals surface area contributed by atoms with Gasteiger partial charge in [0.25, 0.3) is 0 Å². The zero-order chi connectivity index (χ0) is 19.2. The second-order valence-corrected chi connectivity index (χ2v) is 8.53. The van der Waals surface area contributed by atoms with Crippen LogP contribution in [-0.4, -0.2) is 32.4 Å². The van der Waals surface area contributed by atoms with Crippen molar-refractivity contribution in [2.24, 2.45) is 5.73 Å². The molecule has 0 heterocycles. The van der Waals surface area contributed by atoms with Gasteiger partial charge >= 0.3 is 0 Å². The Morgan fingerprint density at radius 3 is 2.54 bits per heavy atom. The summed E-state index contributed by atoms with van der Waals surface area (Å²) in [4.78, 5) is 12.1. The van der Waals surface area contributed by atoms with Crippen LogP contribution in [0.2, 0.25) is 0 Å². The van der Waals surface area contributed by atoms with E-state index in [1.807, 2.05) is 55.5 Å². The number of carbonyl (C=O) groups excluding carboxylic acids is 1. The number of benzene rings is 2. The lowest BCUT2D eigenvalue weighted by Crippen LogP contribution is -2.41. The fraction of sp³-hybridized carbons (Fsp3) is 0.316. The Hall–Kier alpha value is -2.38. The highest BCUT2D eigenvalue weighted by Gasteiger charge is 2.16. The quantitative estimate of drug-likeness (QED) is 0.736. The number of nitrogens with two attached hydrogens (primary N) is 1. The van der Waals surface area contributed by atoms with Crippen LogP contribution in [0.5, 0.6) is 11.5 Å². The molecule has 0 aromatic heterocycles. The third kappa shape index (κ3) is 6.50. The number of hydrogen-bond acceptors (Lipinski definition) is 5. The predicted octanol–water partition coefficient (Wildman–Crippen LogP) is 2.17. The molecule has 0 radical (unpaired) electrons. The molecule has 26 heavy (non-hydrogen) atoms. The topological polar surface area (TPSA) is 98.5 Å². The van der Waals surface area contributed by atoms with Gasteiger partial charge in [0.1, 0.15) is 21.3 Å². The first-order valence-electron chi connectivity index (χ1n) is 8.28. The van der Waals surface area contributed by atoms with Crippen LogP contribution >= 0.6 is 0 Å². The summed E-state index contributed by atoms with van der Waals surface area (Å²) in [6.45, 7) is 2.20. The maximum absolute atomic E-state index is 12.1. The van der Waals surface area contributed by atoms with Crippen molar-refractivity contribution in [1.82, 2.24) is 5.32 Å². The van der Waals surface area contributed by atoms with Crippen LogP contribution in [-0.2, 0) is 21.2 Å². The first-order valence-corrected chi connectivity index (χ1v) is 10.3. The minimum atomic E-state index is -3.15. The third-order valence-corrected chi connectivity index (χ3v) is 4.76. The number of nitrogens with one attached hydrogen (secondary N) is 1. The lowest BCUT2D eigenvalue weighted by atomic mass is 10.1. The fourth-order valence-electron chi connectivity index (χ4n) is 2.30. The van der Waals surface area contributed by atoms with Crippen LogP contribution < -0.4 is 15.8 Å². The minimum Gasteiger partial charge on any atom is -0.457 e. The van der Waals surface area contributed by atoms with Crippen LogP contribution in [0.25, 0.3) is 0 Å². The van der Waals surface area contributed by atoms with E-state index >= 15 is 0 Å². The van der Waals surface area contributed by atoms with Gasteiger partial charge < -0.3 is 15.8 Å². The number of rotatable bonds is 8. The molecule has 3 N–H and O–H groups in total. The van der Waals surface area contributed by atoms with Crippen LogP contribution in [0, 0.1) is 6.92 Å². The van der Waals surface area contributed by atoms with Gasteiger partial charge in [0, 0.05) is 18.4 Å². The number of sulfone groups is 1. The van der Waals surface area contributed by atoms with Crippen molar-refractivity contribution >= 4 is 15.7 Å². The Morgan fingerprint density at radius 2 is 1.88 bits per heavy atom.